The number of nitrogens with one attached hydrogen (secondary N) is 1. The van der Waals surface area contributed by atoms with E-state index in [-0.39, 0.29) is 0 Å². The van der Waals surface area contributed by atoms with Crippen LogP contribution in [0, 0.1) is 0 Å². The topological polar surface area (TPSA) is 81.8 Å². The smallest absolute Gasteiger partial charge is 0.159 e. The lowest BCUT2D eigenvalue weighted by atomic mass is 10.1. The number of ether oxygens (including phenoxy) is 1. The first kappa shape index (κ1) is 18.2. The van der Waals surface area contributed by atoms with Crippen molar-refractivity contribution in [1.82, 2.24) is 19.6 Å². The minimum Gasteiger partial charge on any atom is -0.494 e. The van der Waals surface area contributed by atoms with Crippen molar-refractivity contribution in [2.45, 2.75) is 20.3 Å². The molecule has 5 rings (SSSR count). The molecule has 0 radical (unpaired) electrons. The van der Waals surface area contributed by atoms with Crippen LogP contribution in [0.4, 0.5) is 0 Å². The van der Waals surface area contributed by atoms with Gasteiger partial charge in [0.1, 0.15) is 11.6 Å². The van der Waals surface area contributed by atoms with Gasteiger partial charge in [-0.25, -0.2) is 14.6 Å². The van der Waals surface area contributed by atoms with Gasteiger partial charge in [0.25, 0.3) is 0 Å². The second-order valence-corrected chi connectivity index (χ2v) is 7.26. The molecule has 0 unspecified atom stereocenters. The lowest BCUT2D eigenvalue weighted by molar-refractivity contribution is 0.340. The first-order valence-corrected chi connectivity index (χ1v) is 10.2. The summed E-state index contributed by atoms with van der Waals surface area (Å²) in [6, 6.07) is 20.2. The summed E-state index contributed by atoms with van der Waals surface area (Å²) in [5.74, 6) is 8.76. The highest BCUT2D eigenvalue weighted by molar-refractivity contribution is 5.86. The third-order valence-corrected chi connectivity index (χ3v) is 5.34. The van der Waals surface area contributed by atoms with Gasteiger partial charge in [0.2, 0.25) is 0 Å². The van der Waals surface area contributed by atoms with Crippen molar-refractivity contribution >= 4 is 22.1 Å². The van der Waals surface area contributed by atoms with E-state index in [1.165, 1.54) is 5.56 Å². The number of hydrogen-bond donors (Lipinski definition) is 2. The number of nitrogen functional groups attached to an aromatic ring is 1. The fraction of sp³-hybridized carbons (Fsp3) is 0.167. The van der Waals surface area contributed by atoms with Crippen LogP contribution in [0.25, 0.3) is 44.8 Å². The quantitative estimate of drug-likeness (QED) is 0.412. The van der Waals surface area contributed by atoms with Crippen molar-refractivity contribution in [2.75, 3.05) is 12.4 Å². The first-order chi connectivity index (χ1) is 14.7. The molecule has 0 aliphatic rings. The van der Waals surface area contributed by atoms with Gasteiger partial charge in [-0.15, -0.1) is 0 Å². The number of benzene rings is 3. The summed E-state index contributed by atoms with van der Waals surface area (Å²) in [5, 5.41) is 0. The molecule has 0 saturated carbocycles. The molecule has 0 aliphatic carbocycles. The second-order valence-electron chi connectivity index (χ2n) is 7.26. The fourth-order valence-corrected chi connectivity index (χ4v) is 3.73. The van der Waals surface area contributed by atoms with Crippen molar-refractivity contribution in [3.05, 3.63) is 66.2 Å². The number of nitrogens with two attached hydrogens (primary N) is 1. The lowest BCUT2D eigenvalue weighted by Crippen LogP contribution is -2.09. The molecule has 2 heterocycles. The van der Waals surface area contributed by atoms with E-state index in [4.69, 9.17) is 20.5 Å². The molecule has 0 atom stereocenters. The molecule has 5 aromatic rings. The molecule has 150 valence electrons. The van der Waals surface area contributed by atoms with Crippen molar-refractivity contribution < 1.29 is 4.74 Å². The van der Waals surface area contributed by atoms with Crippen molar-refractivity contribution in [2.24, 2.45) is 0 Å². The number of aryl methyl sites for hydroxylation is 1. The molecular weight excluding hydrogens is 374 g/mol. The van der Waals surface area contributed by atoms with Crippen LogP contribution in [0.3, 0.4) is 0 Å². The van der Waals surface area contributed by atoms with Gasteiger partial charge in [-0.05, 0) is 73.5 Å². The molecule has 0 amide bonds. The maximum atomic E-state index is 6.36. The Balaban J connectivity index is 1.54. The second kappa shape index (κ2) is 7.22. The van der Waals surface area contributed by atoms with Crippen LogP contribution in [0.2, 0.25) is 0 Å². The number of aromatic nitrogens is 4. The number of rotatable bonds is 5. The van der Waals surface area contributed by atoms with Gasteiger partial charge in [-0.1, -0.05) is 13.0 Å². The Bertz CT molecular complexity index is 1350. The van der Waals surface area contributed by atoms with Gasteiger partial charge in [0, 0.05) is 11.1 Å². The standard InChI is InChI=1S/C24H23N5O/c1-3-15-5-12-22-21(13-15)28-24(29(22)25)17-8-11-19-20(14-17)27-23(26-19)16-6-9-18(10-7-16)30-4-2/h5-14H,3-4,25H2,1-2H3,(H,26,27). The lowest BCUT2D eigenvalue weighted by Gasteiger charge is -2.03. The Morgan fingerprint density at radius 2 is 1.70 bits per heavy atom. The average Bonchev–Trinajstić information content (AvgIpc) is 3.34. The predicted molar refractivity (Wildman–Crippen MR) is 121 cm³/mol. The average molecular weight is 397 g/mol. The predicted octanol–water partition coefficient (Wildman–Crippen LogP) is 4.92. The molecule has 0 aliphatic heterocycles. The van der Waals surface area contributed by atoms with E-state index in [1.54, 1.807) is 4.68 Å². The van der Waals surface area contributed by atoms with Crippen LogP contribution >= 0.6 is 0 Å². The minimum absolute atomic E-state index is 0.651. The highest BCUT2D eigenvalue weighted by Crippen LogP contribution is 2.28. The van der Waals surface area contributed by atoms with Crippen LogP contribution < -0.4 is 10.6 Å². The van der Waals surface area contributed by atoms with E-state index in [1.807, 2.05) is 55.5 Å². The van der Waals surface area contributed by atoms with E-state index < -0.39 is 0 Å². The molecule has 6 heteroatoms. The Labute approximate surface area is 174 Å². The maximum absolute atomic E-state index is 6.36. The molecule has 0 spiro atoms. The molecule has 3 aromatic carbocycles. The largest absolute Gasteiger partial charge is 0.494 e. The molecule has 2 aromatic heterocycles. The SMILES string of the molecule is CCOc1ccc(-c2nc3ccc(-c4nc5cc(CC)ccc5n4N)cc3[nH]2)cc1. The summed E-state index contributed by atoms with van der Waals surface area (Å²) in [6.07, 6.45) is 0.969. The summed E-state index contributed by atoms with van der Waals surface area (Å²) in [4.78, 5) is 12.9. The Hall–Kier alpha value is -3.80. The maximum Gasteiger partial charge on any atom is 0.159 e. The molecule has 3 N–H and O–H groups in total. The molecule has 0 fully saturated rings. The summed E-state index contributed by atoms with van der Waals surface area (Å²) in [6.45, 7) is 4.76. The minimum atomic E-state index is 0.651. The summed E-state index contributed by atoms with van der Waals surface area (Å²) in [5.41, 5.74) is 6.87. The monoisotopic (exact) mass is 397 g/mol. The third-order valence-electron chi connectivity index (χ3n) is 5.34. The van der Waals surface area contributed by atoms with Gasteiger partial charge in [-0.2, -0.15) is 0 Å². The van der Waals surface area contributed by atoms with Gasteiger partial charge < -0.3 is 15.6 Å². The summed E-state index contributed by atoms with van der Waals surface area (Å²) in [7, 11) is 0. The normalized spacial score (nSPS) is 11.4. The summed E-state index contributed by atoms with van der Waals surface area (Å²) >= 11 is 0. The van der Waals surface area contributed by atoms with Crippen LogP contribution in [0.5, 0.6) is 5.75 Å². The number of imidazole rings is 2. The number of aromatic amines is 1. The Kier molecular flexibility index (Phi) is 4.39. The summed E-state index contributed by atoms with van der Waals surface area (Å²) < 4.78 is 7.17. The first-order valence-electron chi connectivity index (χ1n) is 10.2. The molecule has 6 nitrogen and oxygen atoms in total. The Morgan fingerprint density at radius 3 is 2.47 bits per heavy atom. The van der Waals surface area contributed by atoms with Crippen LogP contribution in [0.1, 0.15) is 19.4 Å². The molecule has 0 saturated heterocycles. The van der Waals surface area contributed by atoms with E-state index in [9.17, 15) is 0 Å². The van der Waals surface area contributed by atoms with E-state index in [0.29, 0.717) is 6.61 Å². The van der Waals surface area contributed by atoms with Crippen molar-refractivity contribution in [3.63, 3.8) is 0 Å². The number of hydrogen-bond acceptors (Lipinski definition) is 4. The van der Waals surface area contributed by atoms with Gasteiger partial charge in [0.15, 0.2) is 5.82 Å². The Morgan fingerprint density at radius 1 is 0.900 bits per heavy atom. The highest BCUT2D eigenvalue weighted by atomic mass is 16.5. The van der Waals surface area contributed by atoms with Crippen LogP contribution in [0.15, 0.2) is 60.7 Å². The van der Waals surface area contributed by atoms with Crippen molar-refractivity contribution in [3.8, 4) is 28.5 Å². The van der Waals surface area contributed by atoms with Crippen LogP contribution in [-0.2, 0) is 6.42 Å². The van der Waals surface area contributed by atoms with Crippen molar-refractivity contribution in [1.29, 1.82) is 0 Å². The van der Waals surface area contributed by atoms with E-state index in [2.05, 4.69) is 24.0 Å². The molecule has 30 heavy (non-hydrogen) atoms. The van der Waals surface area contributed by atoms with E-state index in [0.717, 1.165) is 57.0 Å². The molecule has 0 bridgehead atoms. The van der Waals surface area contributed by atoms with Gasteiger partial charge in [-0.3, -0.25) is 0 Å². The van der Waals surface area contributed by atoms with Crippen LogP contribution in [-0.4, -0.2) is 26.2 Å². The number of nitrogens with zero attached hydrogens (tertiary/aromatic N) is 3. The fourth-order valence-electron chi connectivity index (χ4n) is 3.73. The molecular formula is C24H23N5O. The van der Waals surface area contributed by atoms with E-state index >= 15 is 0 Å². The zero-order chi connectivity index (χ0) is 20.7. The third kappa shape index (κ3) is 3.06. The number of fused-ring (bicyclic) bond motifs is 2. The van der Waals surface area contributed by atoms with Gasteiger partial charge >= 0.3 is 0 Å². The number of H-pyrrole nitrogens is 1. The zero-order valence-electron chi connectivity index (χ0n) is 17.0. The highest BCUT2D eigenvalue weighted by Gasteiger charge is 2.13. The van der Waals surface area contributed by atoms with Gasteiger partial charge in [0.05, 0.1) is 28.7 Å². The zero-order valence-corrected chi connectivity index (χ0v) is 17.0.